The first-order chi connectivity index (χ1) is 14.0. The molecular formula is C24H28N4O. The molecule has 5 heteroatoms. The second-order valence-electron chi connectivity index (χ2n) is 7.95. The fourth-order valence-corrected chi connectivity index (χ4v) is 3.81. The van der Waals surface area contributed by atoms with E-state index in [0.29, 0.717) is 5.92 Å². The molecule has 1 amide bonds. The number of benzene rings is 2. The van der Waals surface area contributed by atoms with Crippen LogP contribution in [-0.2, 0) is 0 Å². The van der Waals surface area contributed by atoms with E-state index in [-0.39, 0.29) is 5.91 Å². The highest BCUT2D eigenvalue weighted by atomic mass is 16.2. The van der Waals surface area contributed by atoms with Crippen LogP contribution in [0.4, 0.5) is 0 Å². The highest BCUT2D eigenvalue weighted by Crippen LogP contribution is 2.29. The lowest BCUT2D eigenvalue weighted by atomic mass is 9.96. The number of aromatic nitrogens is 2. The highest BCUT2D eigenvalue weighted by molar-refractivity contribution is 5.94. The zero-order valence-corrected chi connectivity index (χ0v) is 17.4. The summed E-state index contributed by atoms with van der Waals surface area (Å²) < 4.78 is 1.95. The van der Waals surface area contributed by atoms with Gasteiger partial charge in [-0.05, 0) is 53.8 Å². The Hall–Kier alpha value is -2.92. The Morgan fingerprint density at radius 1 is 1.00 bits per heavy atom. The minimum atomic E-state index is 0.112. The number of carbonyl (C=O) groups excluding carboxylic acids is 1. The minimum absolute atomic E-state index is 0.112. The third-order valence-electron chi connectivity index (χ3n) is 5.49. The summed E-state index contributed by atoms with van der Waals surface area (Å²) in [4.78, 5) is 14.6. The van der Waals surface area contributed by atoms with Crippen LogP contribution in [0.5, 0.6) is 0 Å². The molecule has 0 spiro atoms. The van der Waals surface area contributed by atoms with E-state index in [4.69, 9.17) is 0 Å². The Labute approximate surface area is 172 Å². The molecule has 1 fully saturated rings. The summed E-state index contributed by atoms with van der Waals surface area (Å²) >= 11 is 0. The van der Waals surface area contributed by atoms with Gasteiger partial charge in [0.1, 0.15) is 0 Å². The Morgan fingerprint density at radius 3 is 2.31 bits per heavy atom. The fraction of sp³-hybridized carbons (Fsp3) is 0.333. The number of amides is 1. The van der Waals surface area contributed by atoms with Crippen LogP contribution in [-0.4, -0.2) is 46.8 Å². The minimum Gasteiger partial charge on any atom is -0.336 e. The standard InChI is InChI=1S/C24H28N4O/c1-17(2)22-9-8-21(16-23(22)28-13-10-18(3)26-28)19-4-6-20(7-5-19)24(29)27-14-11-25-12-15-27/h4-10,13,16-17,25H,11-12,14-15H2,1-3H3. The average Bonchev–Trinajstić information content (AvgIpc) is 3.19. The molecule has 5 nitrogen and oxygen atoms in total. The van der Waals surface area contributed by atoms with Gasteiger partial charge in [0.15, 0.2) is 0 Å². The van der Waals surface area contributed by atoms with Crippen molar-refractivity contribution < 1.29 is 4.79 Å². The van der Waals surface area contributed by atoms with Gasteiger partial charge < -0.3 is 10.2 Å². The molecule has 2 heterocycles. The molecule has 0 unspecified atom stereocenters. The molecule has 4 rings (SSSR count). The second-order valence-corrected chi connectivity index (χ2v) is 7.95. The van der Waals surface area contributed by atoms with Gasteiger partial charge in [-0.2, -0.15) is 5.10 Å². The molecule has 1 saturated heterocycles. The van der Waals surface area contributed by atoms with Crippen molar-refractivity contribution >= 4 is 5.91 Å². The van der Waals surface area contributed by atoms with Crippen LogP contribution in [0.25, 0.3) is 16.8 Å². The van der Waals surface area contributed by atoms with Crippen LogP contribution >= 0.6 is 0 Å². The zero-order chi connectivity index (χ0) is 20.4. The SMILES string of the molecule is Cc1ccn(-c2cc(-c3ccc(C(=O)N4CCNCC4)cc3)ccc2C(C)C)n1. The Bertz CT molecular complexity index is 998. The molecule has 29 heavy (non-hydrogen) atoms. The van der Waals surface area contributed by atoms with E-state index in [1.807, 2.05) is 53.0 Å². The molecular weight excluding hydrogens is 360 g/mol. The molecule has 0 radical (unpaired) electrons. The van der Waals surface area contributed by atoms with Crippen LogP contribution in [0.1, 0.15) is 41.4 Å². The van der Waals surface area contributed by atoms with Gasteiger partial charge in [0.2, 0.25) is 0 Å². The number of nitrogens with one attached hydrogen (secondary N) is 1. The van der Waals surface area contributed by atoms with Crippen molar-refractivity contribution in [2.45, 2.75) is 26.7 Å². The molecule has 0 bridgehead atoms. The highest BCUT2D eigenvalue weighted by Gasteiger charge is 2.18. The van der Waals surface area contributed by atoms with Crippen molar-refractivity contribution in [1.82, 2.24) is 20.0 Å². The first kappa shape index (κ1) is 19.4. The number of hydrogen-bond donors (Lipinski definition) is 1. The van der Waals surface area contributed by atoms with Crippen LogP contribution in [0.3, 0.4) is 0 Å². The average molecular weight is 389 g/mol. The lowest BCUT2D eigenvalue weighted by Gasteiger charge is -2.27. The third kappa shape index (κ3) is 4.10. The quantitative estimate of drug-likeness (QED) is 0.734. The van der Waals surface area contributed by atoms with E-state index in [1.165, 1.54) is 5.56 Å². The maximum absolute atomic E-state index is 12.7. The molecule has 2 aromatic carbocycles. The monoisotopic (exact) mass is 388 g/mol. The number of aryl methyl sites for hydroxylation is 1. The Balaban J connectivity index is 1.63. The summed E-state index contributed by atoms with van der Waals surface area (Å²) in [6.45, 7) is 9.66. The summed E-state index contributed by atoms with van der Waals surface area (Å²) in [5.41, 5.74) is 6.34. The van der Waals surface area contributed by atoms with Crippen LogP contribution in [0, 0.1) is 6.92 Å². The fourth-order valence-electron chi connectivity index (χ4n) is 3.81. The lowest BCUT2D eigenvalue weighted by molar-refractivity contribution is 0.0736. The van der Waals surface area contributed by atoms with E-state index in [9.17, 15) is 4.79 Å². The molecule has 1 aliphatic rings. The van der Waals surface area contributed by atoms with Gasteiger partial charge in [0.25, 0.3) is 5.91 Å². The van der Waals surface area contributed by atoms with Crippen LogP contribution in [0.2, 0.25) is 0 Å². The molecule has 0 atom stereocenters. The number of carbonyl (C=O) groups is 1. The summed E-state index contributed by atoms with van der Waals surface area (Å²) in [6, 6.07) is 16.5. The number of nitrogens with zero attached hydrogens (tertiary/aromatic N) is 3. The first-order valence-corrected chi connectivity index (χ1v) is 10.3. The van der Waals surface area contributed by atoms with Gasteiger partial charge >= 0.3 is 0 Å². The maximum atomic E-state index is 12.7. The molecule has 1 aromatic heterocycles. The van der Waals surface area contributed by atoms with Crippen molar-refractivity contribution in [2.24, 2.45) is 0 Å². The maximum Gasteiger partial charge on any atom is 0.253 e. The summed E-state index contributed by atoms with van der Waals surface area (Å²) in [6.07, 6.45) is 2.01. The number of piperazine rings is 1. The normalized spacial score (nSPS) is 14.4. The van der Waals surface area contributed by atoms with E-state index < -0.39 is 0 Å². The van der Waals surface area contributed by atoms with E-state index in [0.717, 1.165) is 54.3 Å². The lowest BCUT2D eigenvalue weighted by Crippen LogP contribution is -2.46. The van der Waals surface area contributed by atoms with Gasteiger partial charge in [-0.25, -0.2) is 4.68 Å². The van der Waals surface area contributed by atoms with Crippen molar-refractivity contribution in [2.75, 3.05) is 26.2 Å². The van der Waals surface area contributed by atoms with E-state index in [2.05, 4.69) is 42.5 Å². The van der Waals surface area contributed by atoms with Gasteiger partial charge in [-0.15, -0.1) is 0 Å². The second kappa shape index (κ2) is 8.21. The van der Waals surface area contributed by atoms with Gasteiger partial charge in [0.05, 0.1) is 11.4 Å². The summed E-state index contributed by atoms with van der Waals surface area (Å²) in [7, 11) is 0. The van der Waals surface area contributed by atoms with Gasteiger partial charge in [0, 0.05) is 37.9 Å². The third-order valence-corrected chi connectivity index (χ3v) is 5.49. The van der Waals surface area contributed by atoms with E-state index >= 15 is 0 Å². The van der Waals surface area contributed by atoms with Gasteiger partial charge in [-0.3, -0.25) is 4.79 Å². The van der Waals surface area contributed by atoms with Crippen molar-refractivity contribution in [1.29, 1.82) is 0 Å². The molecule has 0 saturated carbocycles. The Kier molecular flexibility index (Phi) is 5.49. The van der Waals surface area contributed by atoms with Crippen molar-refractivity contribution in [3.05, 3.63) is 71.5 Å². The number of rotatable bonds is 4. The molecule has 150 valence electrons. The van der Waals surface area contributed by atoms with Crippen molar-refractivity contribution in [3.63, 3.8) is 0 Å². The predicted molar refractivity (Wildman–Crippen MR) is 117 cm³/mol. The number of hydrogen-bond acceptors (Lipinski definition) is 3. The largest absolute Gasteiger partial charge is 0.336 e. The molecule has 1 aliphatic heterocycles. The van der Waals surface area contributed by atoms with E-state index in [1.54, 1.807) is 0 Å². The molecule has 1 N–H and O–H groups in total. The predicted octanol–water partition coefficient (Wildman–Crippen LogP) is 4.02. The smallest absolute Gasteiger partial charge is 0.253 e. The van der Waals surface area contributed by atoms with Gasteiger partial charge in [-0.1, -0.05) is 38.1 Å². The van der Waals surface area contributed by atoms with Crippen molar-refractivity contribution in [3.8, 4) is 16.8 Å². The zero-order valence-electron chi connectivity index (χ0n) is 17.4. The first-order valence-electron chi connectivity index (χ1n) is 10.3. The van der Waals surface area contributed by atoms with Crippen LogP contribution in [0.15, 0.2) is 54.7 Å². The molecule has 3 aromatic rings. The summed E-state index contributed by atoms with van der Waals surface area (Å²) in [5, 5.41) is 7.89. The topological polar surface area (TPSA) is 50.2 Å². The molecule has 0 aliphatic carbocycles. The summed E-state index contributed by atoms with van der Waals surface area (Å²) in [5.74, 6) is 0.517. The Morgan fingerprint density at radius 2 is 1.69 bits per heavy atom. The van der Waals surface area contributed by atoms with Crippen LogP contribution < -0.4 is 5.32 Å².